The molecular weight excluding hydrogens is 308 g/mol. The van der Waals surface area contributed by atoms with Gasteiger partial charge in [0.2, 0.25) is 0 Å². The second-order valence-electron chi connectivity index (χ2n) is 4.27. The van der Waals surface area contributed by atoms with Crippen LogP contribution in [0.1, 0.15) is 17.4 Å². The number of hydrazine groups is 1. The van der Waals surface area contributed by atoms with Crippen LogP contribution in [0.25, 0.3) is 0 Å². The van der Waals surface area contributed by atoms with E-state index >= 15 is 0 Å². The minimum atomic E-state index is -0.0365. The van der Waals surface area contributed by atoms with Crippen molar-refractivity contribution in [2.45, 2.75) is 12.5 Å². The smallest absolute Gasteiger partial charge is 0.119 e. The Kier molecular flexibility index (Phi) is 4.57. The molecule has 0 saturated carbocycles. The van der Waals surface area contributed by atoms with Gasteiger partial charge in [-0.15, -0.1) is 0 Å². The third-order valence-corrected chi connectivity index (χ3v) is 3.81. The highest BCUT2D eigenvalue weighted by atomic mass is 79.9. The molecule has 0 aliphatic heterocycles. The van der Waals surface area contributed by atoms with Gasteiger partial charge < -0.3 is 9.30 Å². The van der Waals surface area contributed by atoms with Crippen molar-refractivity contribution < 1.29 is 4.74 Å². The van der Waals surface area contributed by atoms with E-state index in [0.717, 1.165) is 21.6 Å². The fourth-order valence-electron chi connectivity index (χ4n) is 1.95. The highest BCUT2D eigenvalue weighted by Crippen LogP contribution is 2.29. The number of methoxy groups -OCH3 is 1. The predicted molar refractivity (Wildman–Crippen MR) is 77.7 cm³/mol. The van der Waals surface area contributed by atoms with Gasteiger partial charge in [-0.05, 0) is 23.8 Å². The van der Waals surface area contributed by atoms with E-state index in [1.165, 1.54) is 0 Å². The number of nitrogens with one attached hydrogen (secondary N) is 1. The van der Waals surface area contributed by atoms with E-state index in [4.69, 9.17) is 10.6 Å². The van der Waals surface area contributed by atoms with Crippen molar-refractivity contribution in [2.24, 2.45) is 12.9 Å². The van der Waals surface area contributed by atoms with Crippen LogP contribution in [0.5, 0.6) is 5.75 Å². The summed E-state index contributed by atoms with van der Waals surface area (Å²) in [5, 5.41) is 0. The van der Waals surface area contributed by atoms with Crippen molar-refractivity contribution in [3.05, 3.63) is 46.5 Å². The first kappa shape index (κ1) is 14.0. The number of halogens is 1. The van der Waals surface area contributed by atoms with Gasteiger partial charge in [-0.25, -0.2) is 4.98 Å². The Labute approximate surface area is 120 Å². The number of ether oxygens (including phenoxy) is 1. The van der Waals surface area contributed by atoms with Gasteiger partial charge in [0, 0.05) is 30.3 Å². The Morgan fingerprint density at radius 2 is 2.32 bits per heavy atom. The molecule has 19 heavy (non-hydrogen) atoms. The van der Waals surface area contributed by atoms with Gasteiger partial charge >= 0.3 is 0 Å². The number of nitrogens with two attached hydrogens (primary N) is 1. The zero-order chi connectivity index (χ0) is 13.8. The Hall–Kier alpha value is -1.37. The van der Waals surface area contributed by atoms with E-state index in [1.54, 1.807) is 13.3 Å². The maximum atomic E-state index is 5.68. The normalized spacial score (nSPS) is 12.4. The molecule has 1 unspecified atom stereocenters. The Morgan fingerprint density at radius 1 is 1.53 bits per heavy atom. The molecular formula is C13H17BrN4O. The molecule has 0 aliphatic rings. The van der Waals surface area contributed by atoms with Gasteiger partial charge in [0.15, 0.2) is 0 Å². The highest BCUT2D eigenvalue weighted by molar-refractivity contribution is 9.10. The van der Waals surface area contributed by atoms with Crippen molar-refractivity contribution in [1.82, 2.24) is 15.0 Å². The molecule has 0 aliphatic carbocycles. The molecule has 0 fully saturated rings. The van der Waals surface area contributed by atoms with Gasteiger partial charge in [-0.2, -0.15) is 0 Å². The van der Waals surface area contributed by atoms with Gasteiger partial charge in [0.1, 0.15) is 11.6 Å². The van der Waals surface area contributed by atoms with Gasteiger partial charge in [-0.1, -0.05) is 15.9 Å². The molecule has 2 rings (SSSR count). The first-order chi connectivity index (χ1) is 9.15. The number of benzene rings is 1. The number of nitrogens with zero attached hydrogens (tertiary/aromatic N) is 2. The van der Waals surface area contributed by atoms with E-state index in [2.05, 4.69) is 26.3 Å². The van der Waals surface area contributed by atoms with Crippen LogP contribution in [0, 0.1) is 0 Å². The molecule has 2 aromatic rings. The van der Waals surface area contributed by atoms with Crippen LogP contribution in [0.3, 0.4) is 0 Å². The summed E-state index contributed by atoms with van der Waals surface area (Å²) in [6.45, 7) is 0. The Morgan fingerprint density at radius 3 is 2.89 bits per heavy atom. The number of aromatic nitrogens is 2. The van der Waals surface area contributed by atoms with Gasteiger partial charge in [-0.3, -0.25) is 11.3 Å². The average molecular weight is 325 g/mol. The van der Waals surface area contributed by atoms with Crippen LogP contribution in [0.4, 0.5) is 0 Å². The molecule has 0 amide bonds. The number of aryl methyl sites for hydroxylation is 1. The molecule has 0 saturated heterocycles. The number of rotatable bonds is 5. The summed E-state index contributed by atoms with van der Waals surface area (Å²) in [6.07, 6.45) is 4.40. The molecule has 3 N–H and O–H groups in total. The molecule has 1 heterocycles. The predicted octanol–water partition coefficient (Wildman–Crippen LogP) is 1.94. The first-order valence-electron chi connectivity index (χ1n) is 5.91. The molecule has 1 atom stereocenters. The minimum Gasteiger partial charge on any atom is -0.497 e. The summed E-state index contributed by atoms with van der Waals surface area (Å²) < 4.78 is 8.23. The lowest BCUT2D eigenvalue weighted by atomic mass is 10.0. The van der Waals surface area contributed by atoms with Crippen molar-refractivity contribution in [1.29, 1.82) is 0 Å². The van der Waals surface area contributed by atoms with Crippen molar-refractivity contribution >= 4 is 15.9 Å². The molecule has 1 aromatic carbocycles. The lowest BCUT2D eigenvalue weighted by Gasteiger charge is -2.18. The van der Waals surface area contributed by atoms with Crippen molar-refractivity contribution in [3.63, 3.8) is 0 Å². The lowest BCUT2D eigenvalue weighted by molar-refractivity contribution is 0.412. The summed E-state index contributed by atoms with van der Waals surface area (Å²) in [7, 11) is 3.62. The van der Waals surface area contributed by atoms with E-state index in [1.807, 2.05) is 36.0 Å². The quantitative estimate of drug-likeness (QED) is 0.651. The van der Waals surface area contributed by atoms with Crippen LogP contribution in [-0.2, 0) is 13.5 Å². The minimum absolute atomic E-state index is 0.0365. The standard InChI is InChI=1S/C13H17BrN4O/c1-18-6-5-16-13(18)8-12(17-15)10-7-9(19-2)3-4-11(10)14/h3-7,12,17H,8,15H2,1-2H3. The number of hydrogen-bond acceptors (Lipinski definition) is 4. The van der Waals surface area contributed by atoms with E-state index in [0.29, 0.717) is 6.42 Å². The van der Waals surface area contributed by atoms with Crippen LogP contribution in [0.15, 0.2) is 35.1 Å². The van der Waals surface area contributed by atoms with Gasteiger partial charge in [0.25, 0.3) is 0 Å². The SMILES string of the molecule is COc1ccc(Br)c(C(Cc2nccn2C)NN)c1. The molecule has 5 nitrogen and oxygen atoms in total. The molecule has 6 heteroatoms. The Balaban J connectivity index is 2.29. The first-order valence-corrected chi connectivity index (χ1v) is 6.70. The zero-order valence-electron chi connectivity index (χ0n) is 10.9. The van der Waals surface area contributed by atoms with Crippen LogP contribution in [-0.4, -0.2) is 16.7 Å². The molecule has 0 bridgehead atoms. The van der Waals surface area contributed by atoms with Crippen LogP contribution < -0.4 is 16.0 Å². The average Bonchev–Trinajstić information content (AvgIpc) is 2.82. The topological polar surface area (TPSA) is 65.1 Å². The van der Waals surface area contributed by atoms with Crippen molar-refractivity contribution in [3.8, 4) is 5.75 Å². The zero-order valence-corrected chi connectivity index (χ0v) is 12.5. The Bertz CT molecular complexity index is 555. The van der Waals surface area contributed by atoms with Gasteiger partial charge in [0.05, 0.1) is 13.2 Å². The van der Waals surface area contributed by atoms with Crippen LogP contribution in [0.2, 0.25) is 0 Å². The largest absolute Gasteiger partial charge is 0.497 e. The third-order valence-electron chi connectivity index (χ3n) is 3.09. The third kappa shape index (κ3) is 3.15. The monoisotopic (exact) mass is 324 g/mol. The van der Waals surface area contributed by atoms with E-state index in [-0.39, 0.29) is 6.04 Å². The summed E-state index contributed by atoms with van der Waals surface area (Å²) >= 11 is 3.55. The summed E-state index contributed by atoms with van der Waals surface area (Å²) in [6, 6.07) is 5.79. The lowest BCUT2D eigenvalue weighted by Crippen LogP contribution is -2.30. The van der Waals surface area contributed by atoms with Crippen LogP contribution >= 0.6 is 15.9 Å². The fraction of sp³-hybridized carbons (Fsp3) is 0.308. The molecule has 1 aromatic heterocycles. The highest BCUT2D eigenvalue weighted by Gasteiger charge is 2.16. The molecule has 0 spiro atoms. The summed E-state index contributed by atoms with van der Waals surface area (Å²) in [4.78, 5) is 4.32. The number of hydrogen-bond donors (Lipinski definition) is 2. The number of imidazole rings is 1. The van der Waals surface area contributed by atoms with E-state index < -0.39 is 0 Å². The van der Waals surface area contributed by atoms with E-state index in [9.17, 15) is 0 Å². The second kappa shape index (κ2) is 6.18. The van der Waals surface area contributed by atoms with Crippen molar-refractivity contribution in [2.75, 3.05) is 7.11 Å². The second-order valence-corrected chi connectivity index (χ2v) is 5.12. The maximum absolute atomic E-state index is 5.68. The molecule has 0 radical (unpaired) electrons. The maximum Gasteiger partial charge on any atom is 0.119 e. The molecule has 102 valence electrons. The summed E-state index contributed by atoms with van der Waals surface area (Å²) in [5.41, 5.74) is 3.88. The summed E-state index contributed by atoms with van der Waals surface area (Å²) in [5.74, 6) is 7.46. The fourth-order valence-corrected chi connectivity index (χ4v) is 2.47.